The first kappa shape index (κ1) is 16.0. The highest BCUT2D eigenvalue weighted by molar-refractivity contribution is 7.18. The number of hydrogen-bond donors (Lipinski definition) is 2. The Labute approximate surface area is 130 Å². The molecule has 1 saturated heterocycles. The van der Waals surface area contributed by atoms with E-state index in [2.05, 4.69) is 29.2 Å². The number of nitrogen functional groups attached to an aromatic ring is 1. The molecule has 0 aliphatic carbocycles. The normalized spacial score (nSPS) is 18.9. The monoisotopic (exact) mass is 311 g/mol. The Morgan fingerprint density at radius 3 is 3.00 bits per heavy atom. The Hall–Kier alpha value is -1.34. The van der Waals surface area contributed by atoms with Gasteiger partial charge in [0, 0.05) is 26.2 Å². The van der Waals surface area contributed by atoms with Crippen LogP contribution in [0.5, 0.6) is 0 Å². The van der Waals surface area contributed by atoms with Gasteiger partial charge in [0.05, 0.1) is 0 Å². The van der Waals surface area contributed by atoms with Gasteiger partial charge in [-0.3, -0.25) is 4.79 Å². The van der Waals surface area contributed by atoms with Crippen molar-refractivity contribution in [2.24, 2.45) is 0 Å². The Kier molecular flexibility index (Phi) is 5.41. The summed E-state index contributed by atoms with van der Waals surface area (Å²) < 4.78 is 0. The van der Waals surface area contributed by atoms with Crippen LogP contribution in [-0.2, 0) is 0 Å². The number of carbonyl (C=O) groups excluding carboxylic acids is 1. The third kappa shape index (κ3) is 3.85. The van der Waals surface area contributed by atoms with Gasteiger partial charge in [-0.15, -0.1) is 0 Å². The van der Waals surface area contributed by atoms with Crippen molar-refractivity contribution >= 4 is 28.2 Å². The van der Waals surface area contributed by atoms with E-state index in [1.807, 2.05) is 7.05 Å². The van der Waals surface area contributed by atoms with Gasteiger partial charge in [0.25, 0.3) is 5.91 Å². The third-order valence-corrected chi connectivity index (χ3v) is 4.89. The quantitative estimate of drug-likeness (QED) is 0.836. The van der Waals surface area contributed by atoms with Crippen molar-refractivity contribution in [2.45, 2.75) is 32.2 Å². The van der Waals surface area contributed by atoms with E-state index in [9.17, 15) is 4.79 Å². The summed E-state index contributed by atoms with van der Waals surface area (Å²) in [4.78, 5) is 21.4. The van der Waals surface area contributed by atoms with Crippen LogP contribution in [0.4, 0.5) is 10.9 Å². The van der Waals surface area contributed by atoms with Gasteiger partial charge in [0.15, 0.2) is 5.13 Å². The minimum atomic E-state index is -0.0325. The number of aromatic nitrogens is 1. The minimum Gasteiger partial charge on any atom is -0.382 e. The summed E-state index contributed by atoms with van der Waals surface area (Å²) in [5.41, 5.74) is 5.89. The second kappa shape index (κ2) is 7.09. The fraction of sp³-hybridized carbons (Fsp3) is 0.714. The number of anilines is 2. The Bertz CT molecular complexity index is 490. The number of rotatable bonds is 6. The van der Waals surface area contributed by atoms with Crippen LogP contribution in [0.25, 0.3) is 0 Å². The van der Waals surface area contributed by atoms with Crippen LogP contribution in [0.3, 0.4) is 0 Å². The summed E-state index contributed by atoms with van der Waals surface area (Å²) >= 11 is 1.34. The molecular formula is C14H25N5OS. The molecule has 1 amide bonds. The second-order valence-electron chi connectivity index (χ2n) is 5.62. The lowest BCUT2D eigenvalue weighted by molar-refractivity contribution is 0.0767. The van der Waals surface area contributed by atoms with Crippen molar-refractivity contribution in [3.05, 3.63) is 4.88 Å². The van der Waals surface area contributed by atoms with Crippen molar-refractivity contribution in [3.8, 4) is 0 Å². The second-order valence-corrected chi connectivity index (χ2v) is 6.62. The van der Waals surface area contributed by atoms with Gasteiger partial charge in [-0.1, -0.05) is 18.3 Å². The van der Waals surface area contributed by atoms with Crippen LogP contribution in [-0.4, -0.2) is 60.5 Å². The average Bonchev–Trinajstić information content (AvgIpc) is 3.02. The standard InChI is InChI=1S/C14H25N5OS/c1-4-7-16-14-17-12(15)11(21-14)13(20)19(3)9-10-6-5-8-18(10)2/h10H,4-9,15H2,1-3H3,(H,16,17). The molecule has 2 heterocycles. The number of thiazole rings is 1. The van der Waals surface area contributed by atoms with Gasteiger partial charge in [-0.05, 0) is 32.9 Å². The van der Waals surface area contributed by atoms with Crippen molar-refractivity contribution < 1.29 is 4.79 Å². The molecule has 1 aliphatic heterocycles. The highest BCUT2D eigenvalue weighted by Crippen LogP contribution is 2.26. The molecule has 0 spiro atoms. The molecule has 1 aliphatic rings. The first-order valence-electron chi connectivity index (χ1n) is 7.48. The molecule has 21 heavy (non-hydrogen) atoms. The molecule has 1 aromatic rings. The van der Waals surface area contributed by atoms with Crippen molar-refractivity contribution in [2.75, 3.05) is 44.8 Å². The third-order valence-electron chi connectivity index (χ3n) is 3.88. The molecule has 0 bridgehead atoms. The van der Waals surface area contributed by atoms with Crippen molar-refractivity contribution in [1.82, 2.24) is 14.8 Å². The van der Waals surface area contributed by atoms with E-state index in [1.165, 1.54) is 17.8 Å². The number of nitrogens with two attached hydrogens (primary N) is 1. The van der Waals surface area contributed by atoms with E-state index < -0.39 is 0 Å². The van der Waals surface area contributed by atoms with Crippen LogP contribution in [0.2, 0.25) is 0 Å². The van der Waals surface area contributed by atoms with Crippen LogP contribution >= 0.6 is 11.3 Å². The first-order valence-corrected chi connectivity index (χ1v) is 8.30. The maximum atomic E-state index is 12.5. The van der Waals surface area contributed by atoms with Gasteiger partial charge in [0.1, 0.15) is 10.7 Å². The van der Waals surface area contributed by atoms with E-state index in [-0.39, 0.29) is 5.91 Å². The van der Waals surface area contributed by atoms with Crippen LogP contribution in [0.15, 0.2) is 0 Å². The maximum Gasteiger partial charge on any atom is 0.267 e. The number of likely N-dealkylation sites (N-methyl/N-ethyl adjacent to an activating group) is 2. The number of hydrogen-bond acceptors (Lipinski definition) is 6. The molecule has 3 N–H and O–H groups in total. The number of carbonyl (C=O) groups is 1. The molecule has 0 aromatic carbocycles. The van der Waals surface area contributed by atoms with Crippen LogP contribution < -0.4 is 11.1 Å². The Morgan fingerprint density at radius 2 is 2.38 bits per heavy atom. The van der Waals surface area contributed by atoms with E-state index >= 15 is 0 Å². The van der Waals surface area contributed by atoms with Crippen molar-refractivity contribution in [3.63, 3.8) is 0 Å². The number of nitrogens with zero attached hydrogens (tertiary/aromatic N) is 3. The largest absolute Gasteiger partial charge is 0.382 e. The Balaban J connectivity index is 1.99. The lowest BCUT2D eigenvalue weighted by Crippen LogP contribution is -2.39. The zero-order chi connectivity index (χ0) is 15.4. The van der Waals surface area contributed by atoms with Gasteiger partial charge < -0.3 is 20.9 Å². The molecule has 6 nitrogen and oxygen atoms in total. The van der Waals surface area contributed by atoms with Crippen LogP contribution in [0.1, 0.15) is 35.9 Å². The molecular weight excluding hydrogens is 286 g/mol. The molecule has 0 saturated carbocycles. The molecule has 7 heteroatoms. The number of amides is 1. The molecule has 1 aromatic heterocycles. The zero-order valence-corrected chi connectivity index (χ0v) is 13.9. The fourth-order valence-corrected chi connectivity index (χ4v) is 3.48. The summed E-state index contributed by atoms with van der Waals surface area (Å²) in [5.74, 6) is 0.296. The van der Waals surface area contributed by atoms with Gasteiger partial charge in [0.2, 0.25) is 0 Å². The molecule has 1 atom stereocenters. The first-order chi connectivity index (χ1) is 10.0. The molecule has 1 fully saturated rings. The maximum absolute atomic E-state index is 12.5. The summed E-state index contributed by atoms with van der Waals surface area (Å²) in [6.07, 6.45) is 3.36. The molecule has 1 unspecified atom stereocenters. The highest BCUT2D eigenvalue weighted by atomic mass is 32.1. The number of nitrogens with one attached hydrogen (secondary N) is 1. The number of likely N-dealkylation sites (tertiary alicyclic amines) is 1. The molecule has 0 radical (unpaired) electrons. The van der Waals surface area contributed by atoms with Gasteiger partial charge in [-0.2, -0.15) is 0 Å². The van der Waals surface area contributed by atoms with E-state index in [4.69, 9.17) is 5.73 Å². The van der Waals surface area contributed by atoms with E-state index in [1.54, 1.807) is 4.90 Å². The van der Waals surface area contributed by atoms with Crippen LogP contribution in [0, 0.1) is 0 Å². The predicted molar refractivity (Wildman–Crippen MR) is 87.9 cm³/mol. The topological polar surface area (TPSA) is 74.5 Å². The van der Waals surface area contributed by atoms with Crippen molar-refractivity contribution in [1.29, 1.82) is 0 Å². The predicted octanol–water partition coefficient (Wildman–Crippen LogP) is 1.71. The van der Waals surface area contributed by atoms with E-state index in [0.29, 0.717) is 16.7 Å². The summed E-state index contributed by atoms with van der Waals surface area (Å²) in [6, 6.07) is 0.450. The van der Waals surface area contributed by atoms with E-state index in [0.717, 1.165) is 37.6 Å². The lowest BCUT2D eigenvalue weighted by Gasteiger charge is -2.25. The molecule has 118 valence electrons. The molecule has 2 rings (SSSR count). The minimum absolute atomic E-state index is 0.0325. The summed E-state index contributed by atoms with van der Waals surface area (Å²) in [5, 5.41) is 3.90. The highest BCUT2D eigenvalue weighted by Gasteiger charge is 2.26. The van der Waals surface area contributed by atoms with Gasteiger partial charge >= 0.3 is 0 Å². The Morgan fingerprint density at radius 1 is 1.62 bits per heavy atom. The van der Waals surface area contributed by atoms with Gasteiger partial charge in [-0.25, -0.2) is 4.98 Å². The summed E-state index contributed by atoms with van der Waals surface area (Å²) in [6.45, 7) is 4.77. The lowest BCUT2D eigenvalue weighted by atomic mass is 10.2. The summed E-state index contributed by atoms with van der Waals surface area (Å²) in [7, 11) is 3.95. The average molecular weight is 311 g/mol. The zero-order valence-electron chi connectivity index (χ0n) is 13.1. The SMILES string of the molecule is CCCNc1nc(N)c(C(=O)N(C)CC2CCCN2C)s1. The fourth-order valence-electron chi connectivity index (χ4n) is 2.58. The smallest absolute Gasteiger partial charge is 0.267 e.